The van der Waals surface area contributed by atoms with Crippen LogP contribution in [-0.2, 0) is 4.79 Å². The van der Waals surface area contributed by atoms with E-state index in [9.17, 15) is 9.59 Å². The molecular formula is C18H21N3O2. The number of carbonyl (C=O) groups excluding carboxylic acids is 2. The second kappa shape index (κ2) is 6.28. The highest BCUT2D eigenvalue weighted by molar-refractivity contribution is 6.42. The molecule has 1 aliphatic rings. The predicted octanol–water partition coefficient (Wildman–Crippen LogP) is 2.16. The van der Waals surface area contributed by atoms with E-state index in [-0.39, 0.29) is 0 Å². The van der Waals surface area contributed by atoms with Crippen molar-refractivity contribution in [3.8, 4) is 0 Å². The number of rotatable bonds is 3. The first-order valence-electron chi connectivity index (χ1n) is 7.85. The minimum atomic E-state index is -0.463. The van der Waals surface area contributed by atoms with Gasteiger partial charge in [-0.3, -0.25) is 9.59 Å². The van der Waals surface area contributed by atoms with Gasteiger partial charge in [-0.2, -0.15) is 0 Å². The predicted molar refractivity (Wildman–Crippen MR) is 89.8 cm³/mol. The number of amides is 1. The van der Waals surface area contributed by atoms with Crippen molar-refractivity contribution in [1.29, 1.82) is 0 Å². The van der Waals surface area contributed by atoms with Gasteiger partial charge >= 0.3 is 0 Å². The Kier molecular flexibility index (Phi) is 4.19. The molecule has 0 atom stereocenters. The van der Waals surface area contributed by atoms with Gasteiger partial charge in [-0.05, 0) is 43.2 Å². The summed E-state index contributed by atoms with van der Waals surface area (Å²) in [5.41, 5.74) is 4.03. The average Bonchev–Trinajstić information content (AvgIpc) is 3.10. The van der Waals surface area contributed by atoms with Crippen molar-refractivity contribution in [3.05, 3.63) is 53.3 Å². The smallest absolute Gasteiger partial charge is 0.296 e. The molecule has 0 spiro atoms. The van der Waals surface area contributed by atoms with Crippen LogP contribution < -0.4 is 4.90 Å². The quantitative estimate of drug-likeness (QED) is 0.698. The van der Waals surface area contributed by atoms with Crippen molar-refractivity contribution in [3.63, 3.8) is 0 Å². The minimum Gasteiger partial charge on any atom is -0.368 e. The van der Waals surface area contributed by atoms with Crippen molar-refractivity contribution in [2.75, 3.05) is 31.1 Å². The zero-order valence-electron chi connectivity index (χ0n) is 13.5. The van der Waals surface area contributed by atoms with Gasteiger partial charge in [0.2, 0.25) is 0 Å². The van der Waals surface area contributed by atoms with Crippen LogP contribution in [0.15, 0.2) is 36.5 Å². The lowest BCUT2D eigenvalue weighted by molar-refractivity contribution is -0.126. The summed E-state index contributed by atoms with van der Waals surface area (Å²) in [7, 11) is 0. The molecular weight excluding hydrogens is 290 g/mol. The van der Waals surface area contributed by atoms with Gasteiger partial charge in [0.15, 0.2) is 0 Å². The molecule has 0 bridgehead atoms. The second-order valence-corrected chi connectivity index (χ2v) is 5.98. The Morgan fingerprint density at radius 2 is 1.78 bits per heavy atom. The summed E-state index contributed by atoms with van der Waals surface area (Å²) in [5, 5.41) is 0. The van der Waals surface area contributed by atoms with Crippen LogP contribution in [0.3, 0.4) is 0 Å². The van der Waals surface area contributed by atoms with Gasteiger partial charge in [0.25, 0.3) is 11.7 Å². The number of nitrogens with zero attached hydrogens (tertiary/aromatic N) is 2. The SMILES string of the molecule is Cc1ccc(C)c(N2CCN(C(=O)C(=O)c3ccc[nH]3)CC2)c1. The molecule has 5 nitrogen and oxygen atoms in total. The Hall–Kier alpha value is -2.56. The Balaban J connectivity index is 1.65. The van der Waals surface area contributed by atoms with Crippen LogP contribution in [-0.4, -0.2) is 47.8 Å². The monoisotopic (exact) mass is 311 g/mol. The standard InChI is InChI=1S/C18H21N3O2/c1-13-5-6-14(2)16(12-13)20-8-10-21(11-9-20)18(23)17(22)15-4-3-7-19-15/h3-7,12,19H,8-11H2,1-2H3. The first kappa shape index (κ1) is 15.3. The number of carbonyl (C=O) groups is 2. The van der Waals surface area contributed by atoms with Crippen molar-refractivity contribution >= 4 is 17.4 Å². The minimum absolute atomic E-state index is 0.354. The molecule has 0 saturated carbocycles. The highest BCUT2D eigenvalue weighted by atomic mass is 16.2. The summed E-state index contributed by atoms with van der Waals surface area (Å²) >= 11 is 0. The highest BCUT2D eigenvalue weighted by Gasteiger charge is 2.27. The molecule has 1 N–H and O–H groups in total. The average molecular weight is 311 g/mol. The molecule has 0 radical (unpaired) electrons. The summed E-state index contributed by atoms with van der Waals surface area (Å²) < 4.78 is 0. The summed E-state index contributed by atoms with van der Waals surface area (Å²) in [6.07, 6.45) is 1.65. The Bertz CT molecular complexity index is 714. The molecule has 0 aliphatic carbocycles. The number of Topliss-reactive ketones (excluding diaryl/α,β-unsaturated/α-hetero) is 1. The van der Waals surface area contributed by atoms with Crippen LogP contribution in [0.5, 0.6) is 0 Å². The van der Waals surface area contributed by atoms with Crippen molar-refractivity contribution in [2.45, 2.75) is 13.8 Å². The van der Waals surface area contributed by atoms with Gasteiger partial charge in [0, 0.05) is 38.1 Å². The number of hydrogen-bond acceptors (Lipinski definition) is 3. The number of aryl methyl sites for hydroxylation is 2. The maximum absolute atomic E-state index is 12.3. The largest absolute Gasteiger partial charge is 0.368 e. The Morgan fingerprint density at radius 3 is 2.43 bits per heavy atom. The van der Waals surface area contributed by atoms with E-state index in [1.54, 1.807) is 23.2 Å². The third kappa shape index (κ3) is 3.13. The number of aromatic nitrogens is 1. The van der Waals surface area contributed by atoms with Gasteiger partial charge in [-0.1, -0.05) is 12.1 Å². The number of anilines is 1. The topological polar surface area (TPSA) is 56.4 Å². The molecule has 23 heavy (non-hydrogen) atoms. The number of nitrogens with one attached hydrogen (secondary N) is 1. The van der Waals surface area contributed by atoms with E-state index < -0.39 is 11.7 Å². The van der Waals surface area contributed by atoms with Crippen LogP contribution in [0.25, 0.3) is 0 Å². The van der Waals surface area contributed by atoms with E-state index in [2.05, 4.69) is 41.9 Å². The number of piperazine rings is 1. The Labute approximate surface area is 135 Å². The van der Waals surface area contributed by atoms with Crippen LogP contribution in [0.2, 0.25) is 0 Å². The molecule has 1 aromatic heterocycles. The molecule has 120 valence electrons. The zero-order chi connectivity index (χ0) is 16.4. The van der Waals surface area contributed by atoms with E-state index in [4.69, 9.17) is 0 Å². The molecule has 1 aliphatic heterocycles. The number of hydrogen-bond donors (Lipinski definition) is 1. The normalized spacial score (nSPS) is 14.9. The molecule has 1 fully saturated rings. The van der Waals surface area contributed by atoms with Gasteiger partial charge in [-0.15, -0.1) is 0 Å². The third-order valence-electron chi connectivity index (χ3n) is 4.31. The molecule has 1 amide bonds. The van der Waals surface area contributed by atoms with E-state index in [0.29, 0.717) is 18.8 Å². The van der Waals surface area contributed by atoms with Crippen LogP contribution in [0.4, 0.5) is 5.69 Å². The molecule has 0 unspecified atom stereocenters. The molecule has 1 aromatic carbocycles. The lowest BCUT2D eigenvalue weighted by Crippen LogP contribution is -2.50. The second-order valence-electron chi connectivity index (χ2n) is 5.98. The van der Waals surface area contributed by atoms with Crippen LogP contribution >= 0.6 is 0 Å². The number of aromatic amines is 1. The van der Waals surface area contributed by atoms with Gasteiger partial charge in [0.1, 0.15) is 0 Å². The number of ketones is 1. The fourth-order valence-electron chi connectivity index (χ4n) is 2.94. The van der Waals surface area contributed by atoms with E-state index >= 15 is 0 Å². The van der Waals surface area contributed by atoms with E-state index in [0.717, 1.165) is 13.1 Å². The lowest BCUT2D eigenvalue weighted by atomic mass is 10.1. The first-order valence-corrected chi connectivity index (χ1v) is 7.85. The van der Waals surface area contributed by atoms with Gasteiger partial charge < -0.3 is 14.8 Å². The maximum Gasteiger partial charge on any atom is 0.296 e. The van der Waals surface area contributed by atoms with Gasteiger partial charge in [0.05, 0.1) is 5.69 Å². The zero-order valence-corrected chi connectivity index (χ0v) is 13.5. The molecule has 3 rings (SSSR count). The summed E-state index contributed by atoms with van der Waals surface area (Å²) in [6.45, 7) is 6.80. The van der Waals surface area contributed by atoms with E-state index in [1.165, 1.54) is 16.8 Å². The van der Waals surface area contributed by atoms with Crippen LogP contribution in [0, 0.1) is 13.8 Å². The van der Waals surface area contributed by atoms with Crippen molar-refractivity contribution < 1.29 is 9.59 Å². The van der Waals surface area contributed by atoms with Crippen LogP contribution in [0.1, 0.15) is 21.6 Å². The van der Waals surface area contributed by atoms with Crippen molar-refractivity contribution in [1.82, 2.24) is 9.88 Å². The molecule has 2 heterocycles. The number of H-pyrrole nitrogens is 1. The highest BCUT2D eigenvalue weighted by Crippen LogP contribution is 2.23. The first-order chi connectivity index (χ1) is 11.1. The molecule has 1 saturated heterocycles. The fraction of sp³-hybridized carbons (Fsp3) is 0.333. The lowest BCUT2D eigenvalue weighted by Gasteiger charge is -2.36. The van der Waals surface area contributed by atoms with E-state index in [1.807, 2.05) is 0 Å². The molecule has 2 aromatic rings. The number of benzene rings is 1. The third-order valence-corrected chi connectivity index (χ3v) is 4.31. The van der Waals surface area contributed by atoms with Crippen molar-refractivity contribution in [2.24, 2.45) is 0 Å². The summed E-state index contributed by atoms with van der Waals surface area (Å²) in [4.78, 5) is 31.1. The Morgan fingerprint density at radius 1 is 1.04 bits per heavy atom. The fourth-order valence-corrected chi connectivity index (χ4v) is 2.94. The molecule has 5 heteroatoms. The summed E-state index contributed by atoms with van der Waals surface area (Å²) in [6, 6.07) is 9.76. The van der Waals surface area contributed by atoms with Gasteiger partial charge in [-0.25, -0.2) is 0 Å². The maximum atomic E-state index is 12.3. The summed E-state index contributed by atoms with van der Waals surface area (Å²) in [5.74, 6) is -0.886.